The number of fused-ring (bicyclic) bond motifs is 1. The SMILES string of the molecule is O=C(CSc1ncn[nH]1)Nc1ccccc1C(=O)Nc1ccc2c(c1)OCO2. The van der Waals surface area contributed by atoms with Gasteiger partial charge in [0.05, 0.1) is 17.0 Å². The minimum atomic E-state index is -0.349. The number of nitrogens with one attached hydrogen (secondary N) is 3. The Bertz CT molecular complexity index is 1010. The van der Waals surface area contributed by atoms with Crippen molar-refractivity contribution in [3.05, 3.63) is 54.4 Å². The lowest BCUT2D eigenvalue weighted by Gasteiger charge is -2.11. The topological polar surface area (TPSA) is 118 Å². The molecule has 0 aliphatic carbocycles. The molecular formula is C18H15N5O4S. The highest BCUT2D eigenvalue weighted by Crippen LogP contribution is 2.34. The van der Waals surface area contributed by atoms with Crippen LogP contribution >= 0.6 is 11.8 Å². The number of amides is 2. The van der Waals surface area contributed by atoms with Gasteiger partial charge in [0.1, 0.15) is 6.33 Å². The number of para-hydroxylation sites is 1. The fourth-order valence-electron chi connectivity index (χ4n) is 2.55. The van der Waals surface area contributed by atoms with Gasteiger partial charge in [0.15, 0.2) is 16.7 Å². The van der Waals surface area contributed by atoms with Crippen LogP contribution in [-0.4, -0.2) is 39.5 Å². The van der Waals surface area contributed by atoms with Gasteiger partial charge in [0.2, 0.25) is 12.7 Å². The summed E-state index contributed by atoms with van der Waals surface area (Å²) in [4.78, 5) is 28.9. The summed E-state index contributed by atoms with van der Waals surface area (Å²) in [6.45, 7) is 0.160. The van der Waals surface area contributed by atoms with Gasteiger partial charge in [-0.25, -0.2) is 4.98 Å². The van der Waals surface area contributed by atoms with Gasteiger partial charge in [-0.05, 0) is 24.3 Å². The summed E-state index contributed by atoms with van der Waals surface area (Å²) in [6.07, 6.45) is 1.37. The van der Waals surface area contributed by atoms with Crippen molar-refractivity contribution in [1.82, 2.24) is 15.2 Å². The van der Waals surface area contributed by atoms with Crippen LogP contribution in [0.3, 0.4) is 0 Å². The molecule has 142 valence electrons. The van der Waals surface area contributed by atoms with Crippen LogP contribution in [0.5, 0.6) is 11.5 Å². The second-order valence-corrected chi connectivity index (χ2v) is 6.66. The first-order chi connectivity index (χ1) is 13.7. The maximum atomic E-state index is 12.7. The fraction of sp³-hybridized carbons (Fsp3) is 0.111. The number of carbonyl (C=O) groups excluding carboxylic acids is 2. The molecule has 0 fully saturated rings. The molecule has 3 aromatic rings. The zero-order valence-electron chi connectivity index (χ0n) is 14.5. The van der Waals surface area contributed by atoms with Crippen LogP contribution in [0.25, 0.3) is 0 Å². The van der Waals surface area contributed by atoms with Crippen LogP contribution in [0.4, 0.5) is 11.4 Å². The first kappa shape index (κ1) is 17.9. The molecule has 2 heterocycles. The summed E-state index contributed by atoms with van der Waals surface area (Å²) in [5.74, 6) is 0.731. The quantitative estimate of drug-likeness (QED) is 0.547. The van der Waals surface area contributed by atoms with Crippen molar-refractivity contribution < 1.29 is 19.1 Å². The van der Waals surface area contributed by atoms with Crippen molar-refractivity contribution in [2.24, 2.45) is 0 Å². The number of carbonyl (C=O) groups is 2. The molecule has 0 spiro atoms. The Morgan fingerprint density at radius 1 is 1.11 bits per heavy atom. The molecule has 0 saturated heterocycles. The van der Waals surface area contributed by atoms with Crippen LogP contribution in [0, 0.1) is 0 Å². The van der Waals surface area contributed by atoms with Gasteiger partial charge in [0, 0.05) is 11.8 Å². The Hall–Kier alpha value is -3.53. The number of thioether (sulfide) groups is 1. The number of hydrogen-bond donors (Lipinski definition) is 3. The van der Waals surface area contributed by atoms with Crippen molar-refractivity contribution in [2.45, 2.75) is 5.16 Å². The third kappa shape index (κ3) is 4.07. The number of rotatable bonds is 6. The second-order valence-electron chi connectivity index (χ2n) is 5.70. The van der Waals surface area contributed by atoms with Gasteiger partial charge in [-0.1, -0.05) is 23.9 Å². The number of aromatic nitrogens is 3. The molecule has 2 amide bonds. The number of hydrogen-bond acceptors (Lipinski definition) is 7. The largest absolute Gasteiger partial charge is 0.454 e. The highest BCUT2D eigenvalue weighted by atomic mass is 32.2. The molecule has 4 rings (SSSR count). The van der Waals surface area contributed by atoms with E-state index in [-0.39, 0.29) is 24.4 Å². The average molecular weight is 397 g/mol. The Kier molecular flexibility index (Phi) is 5.11. The van der Waals surface area contributed by atoms with Crippen molar-refractivity contribution >= 4 is 35.0 Å². The maximum Gasteiger partial charge on any atom is 0.257 e. The lowest BCUT2D eigenvalue weighted by atomic mass is 10.1. The Labute approximate surface area is 163 Å². The number of ether oxygens (including phenoxy) is 2. The van der Waals surface area contributed by atoms with E-state index in [2.05, 4.69) is 25.8 Å². The zero-order chi connectivity index (χ0) is 19.3. The Morgan fingerprint density at radius 2 is 1.96 bits per heavy atom. The normalized spacial score (nSPS) is 11.9. The summed E-state index contributed by atoms with van der Waals surface area (Å²) in [7, 11) is 0. The third-order valence-electron chi connectivity index (χ3n) is 3.81. The molecule has 28 heavy (non-hydrogen) atoms. The summed E-state index contributed by atoms with van der Waals surface area (Å²) < 4.78 is 10.6. The predicted octanol–water partition coefficient (Wildman–Crippen LogP) is 2.52. The van der Waals surface area contributed by atoms with E-state index < -0.39 is 0 Å². The highest BCUT2D eigenvalue weighted by Gasteiger charge is 2.17. The monoisotopic (exact) mass is 397 g/mol. The van der Waals surface area contributed by atoms with Gasteiger partial charge >= 0.3 is 0 Å². The third-order valence-corrected chi connectivity index (χ3v) is 4.69. The fourth-order valence-corrected chi connectivity index (χ4v) is 3.13. The van der Waals surface area contributed by atoms with Crippen molar-refractivity contribution in [3.8, 4) is 11.5 Å². The average Bonchev–Trinajstić information content (AvgIpc) is 3.38. The van der Waals surface area contributed by atoms with Crippen LogP contribution in [0.2, 0.25) is 0 Å². The number of anilines is 2. The summed E-state index contributed by atoms with van der Waals surface area (Å²) in [6, 6.07) is 11.9. The summed E-state index contributed by atoms with van der Waals surface area (Å²) in [5, 5.41) is 12.5. The Morgan fingerprint density at radius 3 is 2.82 bits per heavy atom. The number of aromatic amines is 1. The van der Waals surface area contributed by atoms with E-state index in [1.807, 2.05) is 0 Å². The molecule has 1 aromatic heterocycles. The van der Waals surface area contributed by atoms with Gasteiger partial charge in [-0.3, -0.25) is 14.7 Å². The van der Waals surface area contributed by atoms with Gasteiger partial charge in [0.25, 0.3) is 5.91 Å². The van der Waals surface area contributed by atoms with E-state index in [1.165, 1.54) is 18.1 Å². The number of H-pyrrole nitrogens is 1. The van der Waals surface area contributed by atoms with Crippen LogP contribution in [-0.2, 0) is 4.79 Å². The molecule has 0 bridgehead atoms. The molecule has 10 heteroatoms. The van der Waals surface area contributed by atoms with E-state index in [4.69, 9.17) is 9.47 Å². The molecule has 2 aromatic carbocycles. The van der Waals surface area contributed by atoms with Gasteiger partial charge in [-0.15, -0.1) is 0 Å². The molecular weight excluding hydrogens is 382 g/mol. The molecule has 0 saturated carbocycles. The number of nitrogens with zero attached hydrogens (tertiary/aromatic N) is 2. The molecule has 1 aliphatic heterocycles. The van der Waals surface area contributed by atoms with Gasteiger partial charge in [-0.2, -0.15) is 5.10 Å². The van der Waals surface area contributed by atoms with E-state index in [1.54, 1.807) is 42.5 Å². The molecule has 3 N–H and O–H groups in total. The minimum Gasteiger partial charge on any atom is -0.454 e. The van der Waals surface area contributed by atoms with Gasteiger partial charge < -0.3 is 20.1 Å². The first-order valence-electron chi connectivity index (χ1n) is 8.27. The van der Waals surface area contributed by atoms with E-state index in [0.717, 1.165) is 0 Å². The minimum absolute atomic E-state index is 0.132. The van der Waals surface area contributed by atoms with Crippen LogP contribution in [0.15, 0.2) is 53.9 Å². The predicted molar refractivity (Wildman–Crippen MR) is 103 cm³/mol. The molecule has 0 unspecified atom stereocenters. The Balaban J connectivity index is 1.43. The van der Waals surface area contributed by atoms with Crippen LogP contribution in [0.1, 0.15) is 10.4 Å². The molecule has 0 radical (unpaired) electrons. The number of benzene rings is 2. The zero-order valence-corrected chi connectivity index (χ0v) is 15.3. The molecule has 1 aliphatic rings. The summed E-state index contributed by atoms with van der Waals surface area (Å²) in [5.41, 5.74) is 1.33. The summed E-state index contributed by atoms with van der Waals surface area (Å²) >= 11 is 1.22. The standard InChI is InChI=1S/C18H15N5O4S/c24-16(8-28-18-19-9-20-23-18)22-13-4-2-1-3-12(13)17(25)21-11-5-6-14-15(7-11)27-10-26-14/h1-7,9H,8,10H2,(H,21,25)(H,22,24)(H,19,20,23). The van der Waals surface area contributed by atoms with E-state index in [9.17, 15) is 9.59 Å². The molecule has 0 atom stereocenters. The molecule has 9 nitrogen and oxygen atoms in total. The van der Waals surface area contributed by atoms with E-state index in [0.29, 0.717) is 33.6 Å². The highest BCUT2D eigenvalue weighted by molar-refractivity contribution is 7.99. The second kappa shape index (κ2) is 8.01. The first-order valence-corrected chi connectivity index (χ1v) is 9.25. The van der Waals surface area contributed by atoms with Crippen molar-refractivity contribution in [1.29, 1.82) is 0 Å². The lowest BCUT2D eigenvalue weighted by Crippen LogP contribution is -2.19. The van der Waals surface area contributed by atoms with E-state index >= 15 is 0 Å². The lowest BCUT2D eigenvalue weighted by molar-refractivity contribution is -0.113. The van der Waals surface area contributed by atoms with Crippen molar-refractivity contribution in [3.63, 3.8) is 0 Å². The maximum absolute atomic E-state index is 12.7. The van der Waals surface area contributed by atoms with Crippen molar-refractivity contribution in [2.75, 3.05) is 23.2 Å². The smallest absolute Gasteiger partial charge is 0.257 e. The van der Waals surface area contributed by atoms with Crippen LogP contribution < -0.4 is 20.1 Å².